The van der Waals surface area contributed by atoms with Gasteiger partial charge in [-0.05, 0) is 48.6 Å². The molecule has 0 spiro atoms. The molecule has 19 heavy (non-hydrogen) atoms. The average molecular weight is 315 g/mol. The van der Waals surface area contributed by atoms with Crippen molar-refractivity contribution in [2.75, 3.05) is 0 Å². The molecule has 0 N–H and O–H groups in total. The quantitative estimate of drug-likeness (QED) is 0.733. The Morgan fingerprint density at radius 2 is 1.68 bits per heavy atom. The molecule has 0 amide bonds. The minimum atomic E-state index is 0.134. The summed E-state index contributed by atoms with van der Waals surface area (Å²) in [4.78, 5) is 12.6. The summed E-state index contributed by atoms with van der Waals surface area (Å²) in [6, 6.07) is 15.6. The van der Waals surface area contributed by atoms with Gasteiger partial charge in [0.2, 0.25) is 0 Å². The molecule has 0 unspecified atom stereocenters. The SMILES string of the molecule is O=C(c1ccc(Br)cc1)c1ccccc1C1CCC1. The number of carbonyl (C=O) groups is 1. The maximum atomic E-state index is 12.6. The fourth-order valence-electron chi connectivity index (χ4n) is 2.54. The highest BCUT2D eigenvalue weighted by Crippen LogP contribution is 2.38. The second-order valence-corrected chi connectivity index (χ2v) is 5.97. The molecule has 1 fully saturated rings. The van der Waals surface area contributed by atoms with Crippen LogP contribution >= 0.6 is 15.9 Å². The lowest BCUT2D eigenvalue weighted by Crippen LogP contribution is -2.14. The lowest BCUT2D eigenvalue weighted by Gasteiger charge is -2.27. The summed E-state index contributed by atoms with van der Waals surface area (Å²) in [6.07, 6.45) is 3.71. The van der Waals surface area contributed by atoms with E-state index in [0.717, 1.165) is 15.6 Å². The minimum absolute atomic E-state index is 0.134. The van der Waals surface area contributed by atoms with Crippen LogP contribution in [0.2, 0.25) is 0 Å². The molecule has 2 aromatic rings. The van der Waals surface area contributed by atoms with Gasteiger partial charge in [0.05, 0.1) is 0 Å². The standard InChI is InChI=1S/C17H15BrO/c18-14-10-8-13(9-11-14)17(19)16-7-2-1-6-15(16)12-4-3-5-12/h1-2,6-12H,3-5H2. The van der Waals surface area contributed by atoms with Crippen molar-refractivity contribution in [2.45, 2.75) is 25.2 Å². The van der Waals surface area contributed by atoms with E-state index in [-0.39, 0.29) is 5.78 Å². The second kappa shape index (κ2) is 5.30. The zero-order valence-corrected chi connectivity index (χ0v) is 12.2. The summed E-state index contributed by atoms with van der Waals surface area (Å²) >= 11 is 3.40. The largest absolute Gasteiger partial charge is 0.289 e. The van der Waals surface area contributed by atoms with E-state index in [9.17, 15) is 4.79 Å². The first kappa shape index (κ1) is 12.6. The summed E-state index contributed by atoms with van der Waals surface area (Å²) in [7, 11) is 0. The first-order valence-corrected chi connectivity index (χ1v) is 7.44. The highest BCUT2D eigenvalue weighted by molar-refractivity contribution is 9.10. The molecule has 1 aliphatic rings. The fourth-order valence-corrected chi connectivity index (χ4v) is 2.80. The molecule has 0 saturated heterocycles. The van der Waals surface area contributed by atoms with Gasteiger partial charge in [0.25, 0.3) is 0 Å². The maximum absolute atomic E-state index is 12.6. The minimum Gasteiger partial charge on any atom is -0.289 e. The van der Waals surface area contributed by atoms with Crippen molar-refractivity contribution in [1.29, 1.82) is 0 Å². The van der Waals surface area contributed by atoms with Crippen molar-refractivity contribution in [3.63, 3.8) is 0 Å². The van der Waals surface area contributed by atoms with Crippen LogP contribution in [0.3, 0.4) is 0 Å². The van der Waals surface area contributed by atoms with Crippen LogP contribution < -0.4 is 0 Å². The van der Waals surface area contributed by atoms with Crippen LogP contribution in [0.15, 0.2) is 53.0 Å². The van der Waals surface area contributed by atoms with Crippen molar-refractivity contribution >= 4 is 21.7 Å². The van der Waals surface area contributed by atoms with Gasteiger partial charge in [-0.15, -0.1) is 0 Å². The van der Waals surface area contributed by atoms with Crippen LogP contribution in [0.1, 0.15) is 46.7 Å². The van der Waals surface area contributed by atoms with Gasteiger partial charge < -0.3 is 0 Å². The summed E-state index contributed by atoms with van der Waals surface area (Å²) in [5, 5.41) is 0. The summed E-state index contributed by atoms with van der Waals surface area (Å²) in [5.74, 6) is 0.714. The molecule has 0 radical (unpaired) electrons. The van der Waals surface area contributed by atoms with Gasteiger partial charge >= 0.3 is 0 Å². The Kier molecular flexibility index (Phi) is 3.52. The predicted molar refractivity (Wildman–Crippen MR) is 80.6 cm³/mol. The molecular formula is C17H15BrO. The molecule has 3 rings (SSSR count). The van der Waals surface area contributed by atoms with Gasteiger partial charge in [-0.1, -0.05) is 46.6 Å². The summed E-state index contributed by atoms with van der Waals surface area (Å²) in [5.41, 5.74) is 2.85. The molecule has 0 aliphatic heterocycles. The number of ketones is 1. The topological polar surface area (TPSA) is 17.1 Å². The third kappa shape index (κ3) is 2.50. The van der Waals surface area contributed by atoms with Crippen molar-refractivity contribution < 1.29 is 4.79 Å². The predicted octanol–water partition coefficient (Wildman–Crippen LogP) is 4.95. The Bertz CT molecular complexity index is 597. The number of halogens is 1. The van der Waals surface area contributed by atoms with E-state index in [0.29, 0.717) is 5.92 Å². The first-order valence-electron chi connectivity index (χ1n) is 6.65. The van der Waals surface area contributed by atoms with Crippen LogP contribution in [0.25, 0.3) is 0 Å². The fraction of sp³-hybridized carbons (Fsp3) is 0.235. The third-order valence-corrected chi connectivity index (χ3v) is 4.39. The number of carbonyl (C=O) groups excluding carboxylic acids is 1. The highest BCUT2D eigenvalue weighted by Gasteiger charge is 2.24. The van der Waals surface area contributed by atoms with Crippen molar-refractivity contribution in [3.05, 3.63) is 69.7 Å². The summed E-state index contributed by atoms with van der Waals surface area (Å²) in [6.45, 7) is 0. The molecule has 0 heterocycles. The Morgan fingerprint density at radius 3 is 2.32 bits per heavy atom. The number of benzene rings is 2. The Morgan fingerprint density at radius 1 is 1.00 bits per heavy atom. The van der Waals surface area contributed by atoms with Gasteiger partial charge in [0, 0.05) is 15.6 Å². The maximum Gasteiger partial charge on any atom is 0.193 e. The second-order valence-electron chi connectivity index (χ2n) is 5.05. The van der Waals surface area contributed by atoms with Gasteiger partial charge in [-0.2, -0.15) is 0 Å². The number of hydrogen-bond acceptors (Lipinski definition) is 1. The van der Waals surface area contributed by atoms with Gasteiger partial charge in [-0.25, -0.2) is 0 Å². The number of rotatable bonds is 3. The normalized spacial score (nSPS) is 15.0. The van der Waals surface area contributed by atoms with E-state index in [2.05, 4.69) is 22.0 Å². The zero-order chi connectivity index (χ0) is 13.2. The van der Waals surface area contributed by atoms with Crippen molar-refractivity contribution in [1.82, 2.24) is 0 Å². The Labute approximate surface area is 121 Å². The number of hydrogen-bond donors (Lipinski definition) is 0. The molecule has 0 atom stereocenters. The summed E-state index contributed by atoms with van der Waals surface area (Å²) < 4.78 is 0.997. The molecule has 2 aromatic carbocycles. The van der Waals surface area contributed by atoms with Crippen molar-refractivity contribution in [2.24, 2.45) is 0 Å². The van der Waals surface area contributed by atoms with E-state index >= 15 is 0 Å². The molecular weight excluding hydrogens is 300 g/mol. The highest BCUT2D eigenvalue weighted by atomic mass is 79.9. The van der Waals surface area contributed by atoms with Crippen LogP contribution in [0, 0.1) is 0 Å². The van der Waals surface area contributed by atoms with Crippen molar-refractivity contribution in [3.8, 4) is 0 Å². The van der Waals surface area contributed by atoms with Crippen LogP contribution in [-0.2, 0) is 0 Å². The molecule has 2 heteroatoms. The van der Waals surface area contributed by atoms with Crippen LogP contribution in [0.4, 0.5) is 0 Å². The smallest absolute Gasteiger partial charge is 0.193 e. The molecule has 0 bridgehead atoms. The van der Waals surface area contributed by atoms with E-state index in [4.69, 9.17) is 0 Å². The Hall–Kier alpha value is -1.41. The zero-order valence-electron chi connectivity index (χ0n) is 10.6. The monoisotopic (exact) mass is 314 g/mol. The molecule has 0 aromatic heterocycles. The van der Waals surface area contributed by atoms with Crippen LogP contribution in [0.5, 0.6) is 0 Å². The Balaban J connectivity index is 1.97. The first-order chi connectivity index (χ1) is 9.25. The molecule has 1 aliphatic carbocycles. The van der Waals surface area contributed by atoms with Gasteiger partial charge in [0.1, 0.15) is 0 Å². The lowest BCUT2D eigenvalue weighted by molar-refractivity contribution is 0.103. The van der Waals surface area contributed by atoms with E-state index < -0.39 is 0 Å². The average Bonchev–Trinajstić information content (AvgIpc) is 2.37. The lowest BCUT2D eigenvalue weighted by atomic mass is 9.77. The molecule has 96 valence electrons. The van der Waals surface area contributed by atoms with Crippen LogP contribution in [-0.4, -0.2) is 5.78 Å². The van der Waals surface area contributed by atoms with E-state index in [1.165, 1.54) is 24.8 Å². The molecule has 1 nitrogen and oxygen atoms in total. The van der Waals surface area contributed by atoms with E-state index in [1.54, 1.807) is 0 Å². The van der Waals surface area contributed by atoms with E-state index in [1.807, 2.05) is 42.5 Å². The van der Waals surface area contributed by atoms with Gasteiger partial charge in [-0.3, -0.25) is 4.79 Å². The molecule has 1 saturated carbocycles. The third-order valence-electron chi connectivity index (χ3n) is 3.86. The van der Waals surface area contributed by atoms with Gasteiger partial charge in [0.15, 0.2) is 5.78 Å².